The van der Waals surface area contributed by atoms with Gasteiger partial charge in [0, 0.05) is 5.56 Å². The summed E-state index contributed by atoms with van der Waals surface area (Å²) in [5.41, 5.74) is 8.38. The molecule has 0 bridgehead atoms. The lowest BCUT2D eigenvalue weighted by Crippen LogP contribution is -2.17. The lowest BCUT2D eigenvalue weighted by Gasteiger charge is -2.19. The Balaban J connectivity index is 3.43. The van der Waals surface area contributed by atoms with E-state index in [9.17, 15) is 0 Å². The van der Waals surface area contributed by atoms with Crippen molar-refractivity contribution in [2.75, 3.05) is 13.7 Å². The molecule has 15 heavy (non-hydrogen) atoms. The highest BCUT2D eigenvalue weighted by Crippen LogP contribution is 2.36. The largest absolute Gasteiger partial charge is 0.496 e. The second-order valence-electron chi connectivity index (χ2n) is 3.56. The van der Waals surface area contributed by atoms with E-state index in [2.05, 4.69) is 0 Å². The van der Waals surface area contributed by atoms with Gasteiger partial charge >= 0.3 is 0 Å². The highest BCUT2D eigenvalue weighted by atomic mass is 35.5. The fraction of sp³-hybridized carbons (Fsp3) is 0.455. The van der Waals surface area contributed by atoms with Crippen molar-refractivity contribution in [1.82, 2.24) is 0 Å². The summed E-state index contributed by atoms with van der Waals surface area (Å²) in [6, 6.07) is 1.43. The summed E-state index contributed by atoms with van der Waals surface area (Å²) in [6.07, 6.45) is 0. The minimum atomic E-state index is -0.508. The molecule has 0 aliphatic heterocycles. The van der Waals surface area contributed by atoms with Gasteiger partial charge in [-0.25, -0.2) is 0 Å². The van der Waals surface area contributed by atoms with Crippen molar-refractivity contribution in [3.63, 3.8) is 0 Å². The topological polar surface area (TPSA) is 55.5 Å². The number of aryl methyl sites for hydroxylation is 2. The molecule has 0 spiro atoms. The van der Waals surface area contributed by atoms with Gasteiger partial charge in [-0.15, -0.1) is 0 Å². The van der Waals surface area contributed by atoms with Crippen LogP contribution in [0.5, 0.6) is 5.75 Å². The van der Waals surface area contributed by atoms with Crippen LogP contribution in [0, 0.1) is 13.8 Å². The van der Waals surface area contributed by atoms with Gasteiger partial charge < -0.3 is 15.6 Å². The van der Waals surface area contributed by atoms with Crippen LogP contribution < -0.4 is 10.5 Å². The smallest absolute Gasteiger partial charge is 0.128 e. The lowest BCUT2D eigenvalue weighted by molar-refractivity contribution is 0.264. The van der Waals surface area contributed by atoms with Crippen LogP contribution in [0.2, 0.25) is 5.02 Å². The zero-order valence-corrected chi connectivity index (χ0v) is 9.93. The Bertz CT molecular complexity index is 366. The fourth-order valence-electron chi connectivity index (χ4n) is 1.67. The van der Waals surface area contributed by atoms with Gasteiger partial charge in [0.1, 0.15) is 5.75 Å². The molecule has 0 aliphatic carbocycles. The highest BCUT2D eigenvalue weighted by Gasteiger charge is 2.18. The molecule has 1 aromatic carbocycles. The minimum absolute atomic E-state index is 0.154. The SMILES string of the molecule is COc1c(C)cc(C)c(Cl)c1C(N)CO. The number of aliphatic hydroxyl groups is 1. The van der Waals surface area contributed by atoms with Crippen LogP contribution in [0.25, 0.3) is 0 Å². The average Bonchev–Trinajstić information content (AvgIpc) is 2.21. The number of nitrogens with two attached hydrogens (primary N) is 1. The molecule has 0 aliphatic rings. The second kappa shape index (κ2) is 4.84. The van der Waals surface area contributed by atoms with Crippen molar-refractivity contribution in [3.05, 3.63) is 27.8 Å². The number of aliphatic hydroxyl groups excluding tert-OH is 1. The van der Waals surface area contributed by atoms with Crippen molar-refractivity contribution < 1.29 is 9.84 Å². The maximum absolute atomic E-state index is 9.08. The van der Waals surface area contributed by atoms with Crippen LogP contribution in [-0.4, -0.2) is 18.8 Å². The molecular weight excluding hydrogens is 214 g/mol. The Hall–Kier alpha value is -0.770. The zero-order valence-electron chi connectivity index (χ0n) is 9.17. The monoisotopic (exact) mass is 229 g/mol. The number of methoxy groups -OCH3 is 1. The van der Waals surface area contributed by atoms with E-state index < -0.39 is 6.04 Å². The van der Waals surface area contributed by atoms with Crippen LogP contribution in [0.1, 0.15) is 22.7 Å². The Labute approximate surface area is 94.8 Å². The summed E-state index contributed by atoms with van der Waals surface area (Å²) in [5.74, 6) is 0.659. The maximum atomic E-state index is 9.08. The van der Waals surface area contributed by atoms with Gasteiger partial charge in [-0.2, -0.15) is 0 Å². The maximum Gasteiger partial charge on any atom is 0.128 e. The van der Waals surface area contributed by atoms with Crippen LogP contribution in [-0.2, 0) is 0 Å². The van der Waals surface area contributed by atoms with Gasteiger partial charge in [0.15, 0.2) is 0 Å². The first-order valence-corrected chi connectivity index (χ1v) is 5.10. The van der Waals surface area contributed by atoms with Crippen LogP contribution in [0.15, 0.2) is 6.07 Å². The van der Waals surface area contributed by atoms with Gasteiger partial charge in [-0.1, -0.05) is 17.7 Å². The fourth-order valence-corrected chi connectivity index (χ4v) is 1.95. The molecule has 0 radical (unpaired) electrons. The van der Waals surface area contributed by atoms with E-state index in [4.69, 9.17) is 27.2 Å². The number of rotatable bonds is 3. The van der Waals surface area contributed by atoms with Crippen molar-refractivity contribution in [3.8, 4) is 5.75 Å². The zero-order chi connectivity index (χ0) is 11.6. The molecule has 0 amide bonds. The van der Waals surface area contributed by atoms with Gasteiger partial charge in [-0.3, -0.25) is 0 Å². The summed E-state index contributed by atoms with van der Waals surface area (Å²) in [4.78, 5) is 0. The third-order valence-corrected chi connectivity index (χ3v) is 2.89. The number of benzene rings is 1. The van der Waals surface area contributed by atoms with Crippen LogP contribution in [0.4, 0.5) is 0 Å². The van der Waals surface area contributed by atoms with E-state index in [0.717, 1.165) is 11.1 Å². The van der Waals surface area contributed by atoms with Crippen LogP contribution >= 0.6 is 11.6 Å². The molecule has 3 nitrogen and oxygen atoms in total. The number of halogens is 1. The summed E-state index contributed by atoms with van der Waals surface area (Å²) in [7, 11) is 1.57. The van der Waals surface area contributed by atoms with E-state index in [1.165, 1.54) is 0 Å². The quantitative estimate of drug-likeness (QED) is 0.833. The van der Waals surface area contributed by atoms with Crippen molar-refractivity contribution in [2.24, 2.45) is 5.73 Å². The molecule has 1 atom stereocenters. The van der Waals surface area contributed by atoms with E-state index in [1.807, 2.05) is 19.9 Å². The Morgan fingerprint density at radius 3 is 2.53 bits per heavy atom. The molecular formula is C11H16ClNO2. The molecule has 1 aromatic rings. The standard InChI is InChI=1S/C11H16ClNO2/c1-6-4-7(2)11(15-3)9(10(6)12)8(13)5-14/h4,8,14H,5,13H2,1-3H3. The summed E-state index contributed by atoms with van der Waals surface area (Å²) in [5, 5.41) is 9.64. The van der Waals surface area contributed by atoms with Crippen molar-refractivity contribution >= 4 is 11.6 Å². The van der Waals surface area contributed by atoms with Crippen molar-refractivity contribution in [2.45, 2.75) is 19.9 Å². The Morgan fingerprint density at radius 1 is 1.47 bits per heavy atom. The normalized spacial score (nSPS) is 12.7. The minimum Gasteiger partial charge on any atom is -0.496 e. The average molecular weight is 230 g/mol. The lowest BCUT2D eigenvalue weighted by atomic mass is 10.00. The van der Waals surface area contributed by atoms with E-state index in [0.29, 0.717) is 16.3 Å². The molecule has 0 saturated carbocycles. The molecule has 0 fully saturated rings. The Morgan fingerprint density at radius 2 is 2.07 bits per heavy atom. The summed E-state index contributed by atoms with van der Waals surface area (Å²) < 4.78 is 5.26. The molecule has 3 N–H and O–H groups in total. The molecule has 1 rings (SSSR count). The second-order valence-corrected chi connectivity index (χ2v) is 3.94. The van der Waals surface area contributed by atoms with E-state index in [1.54, 1.807) is 7.11 Å². The van der Waals surface area contributed by atoms with Gasteiger partial charge in [-0.05, 0) is 25.0 Å². The molecule has 1 unspecified atom stereocenters. The molecule has 0 saturated heterocycles. The first kappa shape index (κ1) is 12.3. The van der Waals surface area contributed by atoms with Gasteiger partial charge in [0.25, 0.3) is 0 Å². The predicted molar refractivity (Wildman–Crippen MR) is 61.5 cm³/mol. The van der Waals surface area contributed by atoms with E-state index >= 15 is 0 Å². The highest BCUT2D eigenvalue weighted by molar-refractivity contribution is 6.32. The summed E-state index contributed by atoms with van der Waals surface area (Å²) in [6.45, 7) is 3.68. The molecule has 4 heteroatoms. The number of hydrogen-bond acceptors (Lipinski definition) is 3. The number of hydrogen-bond donors (Lipinski definition) is 2. The van der Waals surface area contributed by atoms with E-state index in [-0.39, 0.29) is 6.61 Å². The number of ether oxygens (including phenoxy) is 1. The third kappa shape index (κ3) is 2.25. The molecule has 0 heterocycles. The van der Waals surface area contributed by atoms with Crippen LogP contribution in [0.3, 0.4) is 0 Å². The molecule has 0 aromatic heterocycles. The third-order valence-electron chi connectivity index (χ3n) is 2.39. The van der Waals surface area contributed by atoms with Crippen molar-refractivity contribution in [1.29, 1.82) is 0 Å². The van der Waals surface area contributed by atoms with Gasteiger partial charge in [0.05, 0.1) is 24.8 Å². The first-order chi connectivity index (χ1) is 7.02. The molecule has 84 valence electrons. The predicted octanol–water partition coefficient (Wildman–Crippen LogP) is 1.96. The Kier molecular flexibility index (Phi) is 3.97. The van der Waals surface area contributed by atoms with Gasteiger partial charge in [0.2, 0.25) is 0 Å². The summed E-state index contributed by atoms with van der Waals surface area (Å²) >= 11 is 6.15. The first-order valence-electron chi connectivity index (χ1n) is 4.73.